The van der Waals surface area contributed by atoms with Crippen LogP contribution in [0.5, 0.6) is 0 Å². The third kappa shape index (κ3) is 5.67. The van der Waals surface area contributed by atoms with Gasteiger partial charge in [-0.1, -0.05) is 19.8 Å². The first-order chi connectivity index (χ1) is 8.43. The number of hydrogen-bond donors (Lipinski definition) is 1. The maximum Gasteiger partial charge on any atom is 0.211 e. The van der Waals surface area contributed by atoms with E-state index in [1.54, 1.807) is 4.31 Å². The second-order valence-corrected chi connectivity index (χ2v) is 7.59. The third-order valence-corrected chi connectivity index (χ3v) is 5.07. The van der Waals surface area contributed by atoms with Gasteiger partial charge in [-0.25, -0.2) is 12.7 Å². The zero-order chi connectivity index (χ0) is 13.6. The Balaban J connectivity index is 2.26. The first kappa shape index (κ1) is 15.9. The van der Waals surface area contributed by atoms with Gasteiger partial charge in [0, 0.05) is 19.1 Å². The van der Waals surface area contributed by atoms with Crippen LogP contribution in [0.25, 0.3) is 0 Å². The monoisotopic (exact) mass is 276 g/mol. The standard InChI is InChI=1S/C13H28N2O2S/c1-3-6-13(14)9-4-7-12-8-5-10-15(11-12)18(2,16)17/h12-13H,3-11,14H2,1-2H3. The average molecular weight is 276 g/mol. The molecule has 2 atom stereocenters. The van der Waals surface area contributed by atoms with Crippen molar-refractivity contribution in [3.8, 4) is 0 Å². The molecule has 0 spiro atoms. The summed E-state index contributed by atoms with van der Waals surface area (Å²) in [5.41, 5.74) is 5.99. The fourth-order valence-electron chi connectivity index (χ4n) is 2.75. The number of nitrogens with zero attached hydrogens (tertiary/aromatic N) is 1. The van der Waals surface area contributed by atoms with Crippen LogP contribution in [0.3, 0.4) is 0 Å². The smallest absolute Gasteiger partial charge is 0.211 e. The van der Waals surface area contributed by atoms with E-state index in [1.165, 1.54) is 6.26 Å². The molecule has 0 amide bonds. The second kappa shape index (κ2) is 7.46. The van der Waals surface area contributed by atoms with Crippen LogP contribution in [-0.2, 0) is 10.0 Å². The third-order valence-electron chi connectivity index (χ3n) is 3.80. The lowest BCUT2D eigenvalue weighted by molar-refractivity contribution is 0.251. The van der Waals surface area contributed by atoms with Gasteiger partial charge in [0.2, 0.25) is 10.0 Å². The Morgan fingerprint density at radius 1 is 1.39 bits per heavy atom. The Labute approximate surface area is 112 Å². The lowest BCUT2D eigenvalue weighted by Gasteiger charge is -2.31. The summed E-state index contributed by atoms with van der Waals surface area (Å²) in [6.07, 6.45) is 9.03. The highest BCUT2D eigenvalue weighted by molar-refractivity contribution is 7.88. The molecule has 2 unspecified atom stereocenters. The highest BCUT2D eigenvalue weighted by atomic mass is 32.2. The van der Waals surface area contributed by atoms with Crippen molar-refractivity contribution >= 4 is 10.0 Å². The van der Waals surface area contributed by atoms with Crippen LogP contribution in [-0.4, -0.2) is 38.1 Å². The van der Waals surface area contributed by atoms with Crippen molar-refractivity contribution < 1.29 is 8.42 Å². The van der Waals surface area contributed by atoms with Gasteiger partial charge in [-0.2, -0.15) is 0 Å². The van der Waals surface area contributed by atoms with Gasteiger partial charge in [0.25, 0.3) is 0 Å². The molecule has 0 bridgehead atoms. The molecular formula is C13H28N2O2S. The van der Waals surface area contributed by atoms with Crippen LogP contribution in [0.2, 0.25) is 0 Å². The van der Waals surface area contributed by atoms with E-state index in [4.69, 9.17) is 5.73 Å². The molecular weight excluding hydrogens is 248 g/mol. The van der Waals surface area contributed by atoms with Crippen LogP contribution < -0.4 is 5.73 Å². The fourth-order valence-corrected chi connectivity index (χ4v) is 3.69. The van der Waals surface area contributed by atoms with Gasteiger partial charge in [0.05, 0.1) is 6.26 Å². The molecule has 1 aliphatic rings. The minimum absolute atomic E-state index is 0.324. The van der Waals surface area contributed by atoms with Crippen molar-refractivity contribution in [3.63, 3.8) is 0 Å². The Morgan fingerprint density at radius 2 is 2.11 bits per heavy atom. The molecule has 0 aliphatic carbocycles. The summed E-state index contributed by atoms with van der Waals surface area (Å²) < 4.78 is 24.6. The number of hydrogen-bond acceptors (Lipinski definition) is 3. The van der Waals surface area contributed by atoms with E-state index in [0.29, 0.717) is 25.0 Å². The van der Waals surface area contributed by atoms with Gasteiger partial charge in [-0.15, -0.1) is 0 Å². The molecule has 0 aromatic carbocycles. The second-order valence-electron chi connectivity index (χ2n) is 5.61. The lowest BCUT2D eigenvalue weighted by atomic mass is 9.92. The first-order valence-corrected chi connectivity index (χ1v) is 8.99. The normalized spacial score (nSPS) is 24.1. The summed E-state index contributed by atoms with van der Waals surface area (Å²) >= 11 is 0. The van der Waals surface area contributed by atoms with Gasteiger partial charge < -0.3 is 5.73 Å². The Morgan fingerprint density at radius 3 is 2.72 bits per heavy atom. The van der Waals surface area contributed by atoms with Gasteiger partial charge in [0.15, 0.2) is 0 Å². The maximum atomic E-state index is 11.5. The molecule has 4 nitrogen and oxygen atoms in total. The predicted octanol–water partition coefficient (Wildman–Crippen LogP) is 1.96. The molecule has 0 radical (unpaired) electrons. The van der Waals surface area contributed by atoms with Crippen molar-refractivity contribution in [2.45, 2.75) is 57.9 Å². The van der Waals surface area contributed by atoms with Crippen LogP contribution in [0, 0.1) is 5.92 Å². The molecule has 1 fully saturated rings. The van der Waals surface area contributed by atoms with Crippen molar-refractivity contribution in [3.05, 3.63) is 0 Å². The number of nitrogens with two attached hydrogens (primary N) is 1. The van der Waals surface area contributed by atoms with E-state index < -0.39 is 10.0 Å². The van der Waals surface area contributed by atoms with Gasteiger partial charge in [-0.3, -0.25) is 0 Å². The minimum atomic E-state index is -3.00. The van der Waals surface area contributed by atoms with E-state index >= 15 is 0 Å². The molecule has 5 heteroatoms. The molecule has 0 saturated carbocycles. The molecule has 108 valence electrons. The highest BCUT2D eigenvalue weighted by Gasteiger charge is 2.25. The number of piperidine rings is 1. The van der Waals surface area contributed by atoms with Gasteiger partial charge in [0.1, 0.15) is 0 Å². The van der Waals surface area contributed by atoms with E-state index in [-0.39, 0.29) is 0 Å². The molecule has 18 heavy (non-hydrogen) atoms. The highest BCUT2D eigenvalue weighted by Crippen LogP contribution is 2.23. The summed E-state index contributed by atoms with van der Waals surface area (Å²) in [6.45, 7) is 3.57. The summed E-state index contributed by atoms with van der Waals surface area (Å²) in [7, 11) is -3.00. The SMILES string of the molecule is CCCC(N)CCCC1CCCN(S(C)(=O)=O)C1. The molecule has 1 heterocycles. The quantitative estimate of drug-likeness (QED) is 0.773. The topological polar surface area (TPSA) is 63.4 Å². The summed E-state index contributed by atoms with van der Waals surface area (Å²) in [5.74, 6) is 0.530. The Hall–Kier alpha value is -0.130. The van der Waals surface area contributed by atoms with E-state index in [9.17, 15) is 8.42 Å². The van der Waals surface area contributed by atoms with Crippen LogP contribution in [0.4, 0.5) is 0 Å². The molecule has 1 aliphatic heterocycles. The van der Waals surface area contributed by atoms with Crippen LogP contribution >= 0.6 is 0 Å². The summed E-state index contributed by atoms with van der Waals surface area (Å²) in [4.78, 5) is 0. The van der Waals surface area contributed by atoms with Crippen molar-refractivity contribution in [2.75, 3.05) is 19.3 Å². The van der Waals surface area contributed by atoms with E-state index in [1.807, 2.05) is 0 Å². The number of rotatable bonds is 7. The van der Waals surface area contributed by atoms with Gasteiger partial charge >= 0.3 is 0 Å². The zero-order valence-corrected chi connectivity index (χ0v) is 12.6. The van der Waals surface area contributed by atoms with Crippen molar-refractivity contribution in [2.24, 2.45) is 11.7 Å². The maximum absolute atomic E-state index is 11.5. The van der Waals surface area contributed by atoms with Crippen molar-refractivity contribution in [1.82, 2.24) is 4.31 Å². The molecule has 1 saturated heterocycles. The van der Waals surface area contributed by atoms with Crippen molar-refractivity contribution in [1.29, 1.82) is 0 Å². The Bertz CT molecular complexity index is 330. The van der Waals surface area contributed by atoms with Crippen LogP contribution in [0.15, 0.2) is 0 Å². The Kier molecular flexibility index (Phi) is 6.60. The molecule has 0 aromatic rings. The van der Waals surface area contributed by atoms with Crippen LogP contribution in [0.1, 0.15) is 51.9 Å². The average Bonchev–Trinajstić information content (AvgIpc) is 2.29. The molecule has 1 rings (SSSR count). The first-order valence-electron chi connectivity index (χ1n) is 7.14. The minimum Gasteiger partial charge on any atom is -0.328 e. The molecule has 2 N–H and O–H groups in total. The summed E-state index contributed by atoms with van der Waals surface area (Å²) in [5, 5.41) is 0. The fraction of sp³-hybridized carbons (Fsp3) is 1.00. The van der Waals surface area contributed by atoms with E-state index in [0.717, 1.165) is 44.9 Å². The zero-order valence-electron chi connectivity index (χ0n) is 11.8. The molecule has 0 aromatic heterocycles. The largest absolute Gasteiger partial charge is 0.328 e. The van der Waals surface area contributed by atoms with Gasteiger partial charge in [-0.05, 0) is 38.0 Å². The lowest BCUT2D eigenvalue weighted by Crippen LogP contribution is -2.39. The van der Waals surface area contributed by atoms with E-state index in [2.05, 4.69) is 6.92 Å². The number of sulfonamides is 1. The summed E-state index contributed by atoms with van der Waals surface area (Å²) in [6, 6.07) is 0.324. The predicted molar refractivity (Wildman–Crippen MR) is 75.9 cm³/mol.